The first-order valence-corrected chi connectivity index (χ1v) is 8.65. The number of benzene rings is 2. The topological polar surface area (TPSA) is 58.2 Å². The fourth-order valence-electron chi connectivity index (χ4n) is 2.48. The lowest BCUT2D eigenvalue weighted by atomic mass is 10.1. The third-order valence-electron chi connectivity index (χ3n) is 3.83. The van der Waals surface area contributed by atoms with Gasteiger partial charge in [0, 0.05) is 17.0 Å². The minimum Gasteiger partial charge on any atom is -0.326 e. The second-order valence-corrected chi connectivity index (χ2v) is 7.17. The third-order valence-corrected chi connectivity index (χ3v) is 5.11. The Balaban J connectivity index is 1.68. The van der Waals surface area contributed by atoms with Gasteiger partial charge in [-0.3, -0.25) is 9.59 Å². The largest absolute Gasteiger partial charge is 0.416 e. The predicted octanol–water partition coefficient (Wildman–Crippen LogP) is 4.46. The summed E-state index contributed by atoms with van der Waals surface area (Å²) < 4.78 is 38.3. The summed E-state index contributed by atoms with van der Waals surface area (Å²) in [6, 6.07) is 10.4. The predicted molar refractivity (Wildman–Crippen MR) is 94.1 cm³/mol. The minimum absolute atomic E-state index is 0.0785. The highest BCUT2D eigenvalue weighted by Gasteiger charge is 2.34. The van der Waals surface area contributed by atoms with Gasteiger partial charge in [0.05, 0.1) is 16.5 Å². The molecule has 2 aromatic rings. The van der Waals surface area contributed by atoms with Crippen molar-refractivity contribution in [2.45, 2.75) is 29.7 Å². The van der Waals surface area contributed by atoms with Crippen molar-refractivity contribution in [1.29, 1.82) is 0 Å². The van der Waals surface area contributed by atoms with Crippen LogP contribution in [0.3, 0.4) is 0 Å². The van der Waals surface area contributed by atoms with Crippen molar-refractivity contribution in [1.82, 2.24) is 0 Å². The molecule has 1 atom stereocenters. The monoisotopic (exact) mass is 380 g/mol. The van der Waals surface area contributed by atoms with E-state index in [0.717, 1.165) is 29.5 Å². The van der Waals surface area contributed by atoms with Crippen LogP contribution in [0.15, 0.2) is 47.4 Å². The van der Waals surface area contributed by atoms with E-state index in [1.54, 1.807) is 12.1 Å². The number of alkyl halides is 3. The van der Waals surface area contributed by atoms with Gasteiger partial charge in [-0.1, -0.05) is 17.7 Å². The number of nitrogens with one attached hydrogen (secondary N) is 2. The Morgan fingerprint density at radius 1 is 1.19 bits per heavy atom. The lowest BCUT2D eigenvalue weighted by molar-refractivity contribution is -0.137. The van der Waals surface area contributed by atoms with Crippen LogP contribution in [0.2, 0.25) is 0 Å². The maximum absolute atomic E-state index is 12.8. The molecule has 1 aliphatic heterocycles. The molecule has 0 radical (unpaired) electrons. The van der Waals surface area contributed by atoms with Crippen LogP contribution in [0.1, 0.15) is 17.5 Å². The quantitative estimate of drug-likeness (QED) is 0.827. The number of fused-ring (bicyclic) bond motifs is 1. The Labute approximate surface area is 152 Å². The number of amides is 2. The number of carbonyl (C=O) groups excluding carboxylic acids is 2. The van der Waals surface area contributed by atoms with Gasteiger partial charge in [0.15, 0.2) is 0 Å². The zero-order valence-electron chi connectivity index (χ0n) is 13.7. The molecule has 4 nitrogen and oxygen atoms in total. The molecule has 2 aromatic carbocycles. The highest BCUT2D eigenvalue weighted by molar-refractivity contribution is 8.01. The Morgan fingerprint density at radius 2 is 1.88 bits per heavy atom. The highest BCUT2D eigenvalue weighted by atomic mass is 32.2. The Morgan fingerprint density at radius 3 is 2.54 bits per heavy atom. The first-order valence-electron chi connectivity index (χ1n) is 7.77. The van der Waals surface area contributed by atoms with Crippen LogP contribution in [0.25, 0.3) is 0 Å². The molecule has 1 aliphatic rings. The molecule has 0 fully saturated rings. The molecule has 0 saturated heterocycles. The second kappa shape index (κ2) is 7.03. The summed E-state index contributed by atoms with van der Waals surface area (Å²) in [7, 11) is 0. The SMILES string of the molecule is Cc1ccc(NC(=O)C[C@H]2Sc3ccc(C(F)(F)F)cc3NC2=O)cc1. The van der Waals surface area contributed by atoms with Crippen molar-refractivity contribution >= 4 is 35.0 Å². The van der Waals surface area contributed by atoms with E-state index in [0.29, 0.717) is 10.6 Å². The zero-order chi connectivity index (χ0) is 18.9. The van der Waals surface area contributed by atoms with Gasteiger partial charge < -0.3 is 10.6 Å². The number of thioether (sulfide) groups is 1. The van der Waals surface area contributed by atoms with Crippen LogP contribution in [0, 0.1) is 6.92 Å². The Kier molecular flexibility index (Phi) is 4.95. The lowest BCUT2D eigenvalue weighted by Crippen LogP contribution is -2.32. The van der Waals surface area contributed by atoms with E-state index in [9.17, 15) is 22.8 Å². The summed E-state index contributed by atoms with van der Waals surface area (Å²) in [5.74, 6) is -0.822. The van der Waals surface area contributed by atoms with Crippen molar-refractivity contribution in [2.75, 3.05) is 10.6 Å². The number of carbonyl (C=O) groups is 2. The first kappa shape index (κ1) is 18.3. The van der Waals surface area contributed by atoms with E-state index in [2.05, 4.69) is 10.6 Å². The van der Waals surface area contributed by atoms with Crippen molar-refractivity contribution in [2.24, 2.45) is 0 Å². The van der Waals surface area contributed by atoms with Gasteiger partial charge in [-0.05, 0) is 37.3 Å². The standard InChI is InChI=1S/C18H15F3N2O2S/c1-10-2-5-12(6-3-10)22-16(24)9-15-17(25)23-13-8-11(18(19,20)21)4-7-14(13)26-15/h2-8,15H,9H2,1H3,(H,22,24)(H,23,25)/t15-/m1/s1. The molecule has 0 bridgehead atoms. The normalized spacial score (nSPS) is 16.6. The smallest absolute Gasteiger partial charge is 0.326 e. The lowest BCUT2D eigenvalue weighted by Gasteiger charge is -2.24. The number of anilines is 2. The van der Waals surface area contributed by atoms with Crippen molar-refractivity contribution in [3.8, 4) is 0 Å². The van der Waals surface area contributed by atoms with Crippen LogP contribution in [0.5, 0.6) is 0 Å². The van der Waals surface area contributed by atoms with Crippen molar-refractivity contribution in [3.63, 3.8) is 0 Å². The second-order valence-electron chi connectivity index (χ2n) is 5.92. The molecule has 0 aliphatic carbocycles. The summed E-state index contributed by atoms with van der Waals surface area (Å²) in [6.07, 6.45) is -4.56. The number of aryl methyl sites for hydroxylation is 1. The summed E-state index contributed by atoms with van der Waals surface area (Å²) >= 11 is 1.09. The molecule has 0 unspecified atom stereocenters. The van der Waals surface area contributed by atoms with Gasteiger partial charge >= 0.3 is 6.18 Å². The average molecular weight is 380 g/mol. The van der Waals surface area contributed by atoms with Crippen LogP contribution < -0.4 is 10.6 Å². The van der Waals surface area contributed by atoms with E-state index in [1.165, 1.54) is 6.07 Å². The highest BCUT2D eigenvalue weighted by Crippen LogP contribution is 2.40. The number of hydrogen-bond donors (Lipinski definition) is 2. The number of halogens is 3. The molecule has 1 heterocycles. The van der Waals surface area contributed by atoms with E-state index in [4.69, 9.17) is 0 Å². The molecule has 136 valence electrons. The maximum atomic E-state index is 12.8. The van der Waals surface area contributed by atoms with Crippen molar-refractivity contribution < 1.29 is 22.8 Å². The van der Waals surface area contributed by atoms with E-state index < -0.39 is 22.9 Å². The molecule has 2 amide bonds. The minimum atomic E-state index is -4.48. The van der Waals surface area contributed by atoms with Gasteiger partial charge in [0.25, 0.3) is 0 Å². The average Bonchev–Trinajstić information content (AvgIpc) is 2.56. The Hall–Kier alpha value is -2.48. The molecule has 3 rings (SSSR count). The van der Waals surface area contributed by atoms with Crippen molar-refractivity contribution in [3.05, 3.63) is 53.6 Å². The van der Waals surface area contributed by atoms with E-state index in [-0.39, 0.29) is 18.0 Å². The van der Waals surface area contributed by atoms with E-state index >= 15 is 0 Å². The summed E-state index contributed by atoms with van der Waals surface area (Å²) in [5.41, 5.74) is 0.967. The molecule has 8 heteroatoms. The maximum Gasteiger partial charge on any atom is 0.416 e. The zero-order valence-corrected chi connectivity index (χ0v) is 14.5. The van der Waals surface area contributed by atoms with Crippen LogP contribution in [-0.4, -0.2) is 17.1 Å². The first-order chi connectivity index (χ1) is 12.2. The molecule has 0 aromatic heterocycles. The third kappa shape index (κ3) is 4.19. The van der Waals surface area contributed by atoms with Gasteiger partial charge in [-0.25, -0.2) is 0 Å². The van der Waals surface area contributed by atoms with Crippen LogP contribution in [-0.2, 0) is 15.8 Å². The summed E-state index contributed by atoms with van der Waals surface area (Å²) in [5, 5.41) is 4.46. The fourth-order valence-corrected chi connectivity index (χ4v) is 3.57. The molecule has 2 N–H and O–H groups in total. The number of hydrogen-bond acceptors (Lipinski definition) is 3. The number of rotatable bonds is 3. The van der Waals surface area contributed by atoms with Gasteiger partial charge in [0.2, 0.25) is 11.8 Å². The Bertz CT molecular complexity index is 851. The van der Waals surface area contributed by atoms with Gasteiger partial charge in [-0.15, -0.1) is 11.8 Å². The summed E-state index contributed by atoms with van der Waals surface area (Å²) in [6.45, 7) is 1.93. The van der Waals surface area contributed by atoms with Gasteiger partial charge in [-0.2, -0.15) is 13.2 Å². The van der Waals surface area contributed by atoms with Crippen LogP contribution >= 0.6 is 11.8 Å². The molecule has 26 heavy (non-hydrogen) atoms. The molecular formula is C18H15F3N2O2S. The molecule has 0 saturated carbocycles. The van der Waals surface area contributed by atoms with Crippen LogP contribution in [0.4, 0.5) is 24.5 Å². The molecular weight excluding hydrogens is 365 g/mol. The molecule has 0 spiro atoms. The summed E-state index contributed by atoms with van der Waals surface area (Å²) in [4.78, 5) is 24.8. The van der Waals surface area contributed by atoms with Gasteiger partial charge in [0.1, 0.15) is 0 Å². The van der Waals surface area contributed by atoms with E-state index in [1.807, 2.05) is 19.1 Å². The fraction of sp³-hybridized carbons (Fsp3) is 0.222.